The summed E-state index contributed by atoms with van der Waals surface area (Å²) in [7, 11) is 0. The smallest absolute Gasteiger partial charge is 0.0749 e. The molecule has 0 fully saturated rings. The van der Waals surface area contributed by atoms with Crippen molar-refractivity contribution in [1.82, 2.24) is 0 Å². The molecular formula is C9H18O. The van der Waals surface area contributed by atoms with E-state index in [1.54, 1.807) is 0 Å². The van der Waals surface area contributed by atoms with E-state index >= 15 is 0 Å². The summed E-state index contributed by atoms with van der Waals surface area (Å²) in [6.45, 7) is 11.9. The Kier molecular flexibility index (Phi) is 3.10. The zero-order valence-corrected chi connectivity index (χ0v) is 7.44. The number of aliphatic hydroxyl groups excluding tert-OH is 1. The fourth-order valence-electron chi connectivity index (χ4n) is 0.754. The predicted octanol–water partition coefficient (Wildman–Crippen LogP) is 2.36. The predicted molar refractivity (Wildman–Crippen MR) is 44.9 cm³/mol. The van der Waals surface area contributed by atoms with E-state index in [9.17, 15) is 5.11 Å². The number of aliphatic hydroxyl groups is 1. The molecule has 0 aromatic rings. The maximum absolute atomic E-state index is 9.36. The molecule has 1 unspecified atom stereocenters. The van der Waals surface area contributed by atoms with Crippen LogP contribution in [-0.4, -0.2) is 11.2 Å². The summed E-state index contributed by atoms with van der Waals surface area (Å²) < 4.78 is 0. The second-order valence-electron chi connectivity index (χ2n) is 4.13. The van der Waals surface area contributed by atoms with Crippen LogP contribution in [0, 0.1) is 5.41 Å². The van der Waals surface area contributed by atoms with Gasteiger partial charge in [-0.1, -0.05) is 32.9 Å². The third-order valence-corrected chi connectivity index (χ3v) is 1.37. The summed E-state index contributed by atoms with van der Waals surface area (Å²) in [5.41, 5.74) is 1.05. The van der Waals surface area contributed by atoms with Gasteiger partial charge < -0.3 is 5.11 Å². The Bertz CT molecular complexity index is 119. The molecule has 0 aliphatic rings. The van der Waals surface area contributed by atoms with Gasteiger partial charge in [-0.25, -0.2) is 0 Å². The van der Waals surface area contributed by atoms with Crippen molar-refractivity contribution in [2.24, 2.45) is 5.41 Å². The van der Waals surface area contributed by atoms with Gasteiger partial charge in [-0.05, 0) is 18.8 Å². The molecule has 0 amide bonds. The maximum atomic E-state index is 9.36. The van der Waals surface area contributed by atoms with Crippen LogP contribution in [0.25, 0.3) is 0 Å². The van der Waals surface area contributed by atoms with E-state index in [4.69, 9.17) is 0 Å². The first-order valence-corrected chi connectivity index (χ1v) is 3.66. The van der Waals surface area contributed by atoms with Crippen molar-refractivity contribution in [2.75, 3.05) is 0 Å². The van der Waals surface area contributed by atoms with Crippen LogP contribution in [0.3, 0.4) is 0 Å². The molecule has 0 spiro atoms. The average molecular weight is 142 g/mol. The van der Waals surface area contributed by atoms with Crippen LogP contribution >= 0.6 is 0 Å². The number of hydrogen-bond acceptors (Lipinski definition) is 1. The Balaban J connectivity index is 3.80. The Morgan fingerprint density at radius 1 is 1.50 bits per heavy atom. The van der Waals surface area contributed by atoms with Gasteiger partial charge in [0, 0.05) is 0 Å². The summed E-state index contributed by atoms with van der Waals surface area (Å²) in [5.74, 6) is 0. The van der Waals surface area contributed by atoms with Gasteiger partial charge in [0.1, 0.15) is 0 Å². The summed E-state index contributed by atoms with van der Waals surface area (Å²) >= 11 is 0. The van der Waals surface area contributed by atoms with Crippen molar-refractivity contribution >= 4 is 0 Å². The van der Waals surface area contributed by atoms with E-state index in [0.29, 0.717) is 0 Å². The van der Waals surface area contributed by atoms with Crippen molar-refractivity contribution in [3.63, 3.8) is 0 Å². The third kappa shape index (κ3) is 4.57. The molecule has 0 aromatic carbocycles. The van der Waals surface area contributed by atoms with Gasteiger partial charge in [0.25, 0.3) is 0 Å². The molecule has 0 radical (unpaired) electrons. The quantitative estimate of drug-likeness (QED) is 0.587. The van der Waals surface area contributed by atoms with Gasteiger partial charge in [-0.3, -0.25) is 0 Å². The molecule has 0 aromatic heterocycles. The first-order valence-electron chi connectivity index (χ1n) is 3.66. The highest BCUT2D eigenvalue weighted by molar-refractivity contribution is 4.97. The van der Waals surface area contributed by atoms with E-state index in [2.05, 4.69) is 27.4 Å². The van der Waals surface area contributed by atoms with Crippen LogP contribution in [0.2, 0.25) is 0 Å². The minimum atomic E-state index is -0.333. The van der Waals surface area contributed by atoms with Gasteiger partial charge in [-0.2, -0.15) is 0 Å². The molecule has 10 heavy (non-hydrogen) atoms. The molecule has 1 atom stereocenters. The highest BCUT2D eigenvalue weighted by Crippen LogP contribution is 2.22. The minimum Gasteiger partial charge on any atom is -0.389 e. The van der Waals surface area contributed by atoms with Gasteiger partial charge in [-0.15, -0.1) is 0 Å². The fourth-order valence-corrected chi connectivity index (χ4v) is 0.754. The highest BCUT2D eigenvalue weighted by Gasteiger charge is 2.16. The van der Waals surface area contributed by atoms with Crippen LogP contribution in [0.5, 0.6) is 0 Å². The van der Waals surface area contributed by atoms with Crippen molar-refractivity contribution in [1.29, 1.82) is 0 Å². The Labute approximate surface area is 63.8 Å². The minimum absolute atomic E-state index is 0.193. The lowest BCUT2D eigenvalue weighted by Gasteiger charge is -2.22. The van der Waals surface area contributed by atoms with E-state index in [-0.39, 0.29) is 11.5 Å². The van der Waals surface area contributed by atoms with Crippen LogP contribution in [-0.2, 0) is 0 Å². The first kappa shape index (κ1) is 9.70. The summed E-state index contributed by atoms with van der Waals surface area (Å²) in [5, 5.41) is 9.36. The molecule has 60 valence electrons. The lowest BCUT2D eigenvalue weighted by molar-refractivity contribution is 0.152. The molecule has 1 N–H and O–H groups in total. The fraction of sp³-hybridized carbons (Fsp3) is 0.778. The summed E-state index contributed by atoms with van der Waals surface area (Å²) in [6, 6.07) is 0. The second kappa shape index (κ2) is 3.20. The van der Waals surface area contributed by atoms with Crippen molar-refractivity contribution in [3.05, 3.63) is 12.2 Å². The maximum Gasteiger partial charge on any atom is 0.0749 e. The Morgan fingerprint density at radius 3 is 2.00 bits per heavy atom. The Morgan fingerprint density at radius 2 is 1.90 bits per heavy atom. The molecule has 0 rings (SSSR count). The van der Waals surface area contributed by atoms with Crippen LogP contribution in [0.4, 0.5) is 0 Å². The zero-order chi connectivity index (χ0) is 8.36. The van der Waals surface area contributed by atoms with E-state index in [1.165, 1.54) is 0 Å². The van der Waals surface area contributed by atoms with Crippen LogP contribution in [0.15, 0.2) is 12.2 Å². The lowest BCUT2D eigenvalue weighted by Crippen LogP contribution is -2.17. The molecule has 1 nitrogen and oxygen atoms in total. The van der Waals surface area contributed by atoms with Gasteiger partial charge in [0.15, 0.2) is 0 Å². The molecule has 0 heterocycles. The Hall–Kier alpha value is -0.300. The number of rotatable bonds is 2. The SMILES string of the molecule is C=C(C)C(O)CC(C)(C)C. The molecule has 0 aliphatic heterocycles. The molecule has 0 saturated heterocycles. The second-order valence-corrected chi connectivity index (χ2v) is 4.13. The largest absolute Gasteiger partial charge is 0.389 e. The highest BCUT2D eigenvalue weighted by atomic mass is 16.3. The summed E-state index contributed by atoms with van der Waals surface area (Å²) in [6.07, 6.45) is 0.461. The molecule has 0 saturated carbocycles. The zero-order valence-electron chi connectivity index (χ0n) is 7.44. The molecule has 0 bridgehead atoms. The van der Waals surface area contributed by atoms with Crippen LogP contribution in [0.1, 0.15) is 34.1 Å². The topological polar surface area (TPSA) is 20.2 Å². The number of hydrogen-bond donors (Lipinski definition) is 1. The molecule has 1 heteroatoms. The van der Waals surface area contributed by atoms with Crippen molar-refractivity contribution in [3.8, 4) is 0 Å². The van der Waals surface area contributed by atoms with Crippen molar-refractivity contribution in [2.45, 2.75) is 40.2 Å². The summed E-state index contributed by atoms with van der Waals surface area (Å²) in [4.78, 5) is 0. The monoisotopic (exact) mass is 142 g/mol. The molecular weight excluding hydrogens is 124 g/mol. The normalized spacial score (nSPS) is 14.9. The van der Waals surface area contributed by atoms with E-state index in [1.807, 2.05) is 6.92 Å². The first-order chi connectivity index (χ1) is 4.33. The standard InChI is InChI=1S/C9H18O/c1-7(2)8(10)6-9(3,4)5/h8,10H,1,6H2,2-5H3. The lowest BCUT2D eigenvalue weighted by atomic mass is 9.87. The average Bonchev–Trinajstić information content (AvgIpc) is 1.60. The van der Waals surface area contributed by atoms with E-state index < -0.39 is 0 Å². The van der Waals surface area contributed by atoms with Gasteiger partial charge in [0.05, 0.1) is 6.10 Å². The molecule has 0 aliphatic carbocycles. The van der Waals surface area contributed by atoms with Crippen LogP contribution < -0.4 is 0 Å². The van der Waals surface area contributed by atoms with Gasteiger partial charge in [0.2, 0.25) is 0 Å². The van der Waals surface area contributed by atoms with E-state index in [0.717, 1.165) is 12.0 Å². The van der Waals surface area contributed by atoms with Gasteiger partial charge >= 0.3 is 0 Å². The third-order valence-electron chi connectivity index (χ3n) is 1.37. The van der Waals surface area contributed by atoms with Crippen molar-refractivity contribution < 1.29 is 5.11 Å².